The van der Waals surface area contributed by atoms with Crippen LogP contribution in [-0.2, 0) is 0 Å². The molecule has 2 heterocycles. The third-order valence-electron chi connectivity index (χ3n) is 5.42. The summed E-state index contributed by atoms with van der Waals surface area (Å²) in [4.78, 5) is 17.5. The fraction of sp³-hybridized carbons (Fsp3) is 0.333. The Balaban J connectivity index is 1.51. The van der Waals surface area contributed by atoms with Crippen LogP contribution in [0.5, 0.6) is 11.5 Å². The second kappa shape index (κ2) is 9.12. The van der Waals surface area contributed by atoms with Gasteiger partial charge in [0.1, 0.15) is 17.2 Å². The summed E-state index contributed by atoms with van der Waals surface area (Å²) < 4.78 is 12.8. The molecule has 7 nitrogen and oxygen atoms in total. The summed E-state index contributed by atoms with van der Waals surface area (Å²) in [5.74, 6) is 1.60. The van der Waals surface area contributed by atoms with Crippen LogP contribution in [0.4, 0.5) is 5.69 Å². The van der Waals surface area contributed by atoms with Crippen molar-refractivity contribution in [1.82, 2.24) is 14.7 Å². The summed E-state index contributed by atoms with van der Waals surface area (Å²) in [6.07, 6.45) is 0. The van der Waals surface area contributed by atoms with Crippen molar-refractivity contribution < 1.29 is 14.3 Å². The van der Waals surface area contributed by atoms with Crippen LogP contribution < -0.4 is 14.4 Å². The third kappa shape index (κ3) is 4.35. The molecule has 0 radical (unpaired) electrons. The third-order valence-corrected chi connectivity index (χ3v) is 5.42. The first-order chi connectivity index (χ1) is 15.1. The maximum absolute atomic E-state index is 13.4. The van der Waals surface area contributed by atoms with Crippen molar-refractivity contribution in [2.45, 2.75) is 13.8 Å². The highest BCUT2D eigenvalue weighted by molar-refractivity contribution is 5.93. The van der Waals surface area contributed by atoms with E-state index in [1.54, 1.807) is 11.8 Å². The minimum atomic E-state index is -0.0128. The van der Waals surface area contributed by atoms with E-state index in [4.69, 9.17) is 9.47 Å². The van der Waals surface area contributed by atoms with Gasteiger partial charge in [-0.25, -0.2) is 4.68 Å². The predicted molar refractivity (Wildman–Crippen MR) is 121 cm³/mol. The van der Waals surface area contributed by atoms with E-state index in [2.05, 4.69) is 16.1 Å². The minimum absolute atomic E-state index is 0.0128. The summed E-state index contributed by atoms with van der Waals surface area (Å²) in [7, 11) is 1.63. The lowest BCUT2D eigenvalue weighted by atomic mass is 10.2. The number of nitrogens with zero attached hydrogens (tertiary/aromatic N) is 4. The van der Waals surface area contributed by atoms with Crippen molar-refractivity contribution in [2.75, 3.05) is 44.8 Å². The molecule has 0 saturated carbocycles. The van der Waals surface area contributed by atoms with Crippen LogP contribution in [0, 0.1) is 6.92 Å². The molecule has 1 saturated heterocycles. The second-order valence-corrected chi connectivity index (χ2v) is 7.46. The zero-order chi connectivity index (χ0) is 21.8. The van der Waals surface area contributed by atoms with E-state index in [-0.39, 0.29) is 5.91 Å². The fourth-order valence-electron chi connectivity index (χ4n) is 3.90. The summed E-state index contributed by atoms with van der Waals surface area (Å²) >= 11 is 0. The fourth-order valence-corrected chi connectivity index (χ4v) is 3.90. The van der Waals surface area contributed by atoms with Gasteiger partial charge in [0.05, 0.1) is 30.8 Å². The number of rotatable bonds is 6. The molecular weight excluding hydrogens is 392 g/mol. The number of ether oxygens (including phenoxy) is 2. The Kier molecular flexibility index (Phi) is 6.11. The number of hydrogen-bond donors (Lipinski definition) is 0. The number of methoxy groups -OCH3 is 1. The first-order valence-corrected chi connectivity index (χ1v) is 10.6. The Morgan fingerprint density at radius 3 is 2.55 bits per heavy atom. The Labute approximate surface area is 182 Å². The number of piperazine rings is 1. The topological polar surface area (TPSA) is 59.8 Å². The summed E-state index contributed by atoms with van der Waals surface area (Å²) in [6, 6.07) is 17.5. The molecule has 31 heavy (non-hydrogen) atoms. The first-order valence-electron chi connectivity index (χ1n) is 10.6. The number of carbonyl (C=O) groups is 1. The lowest BCUT2D eigenvalue weighted by Gasteiger charge is -2.36. The van der Waals surface area contributed by atoms with Crippen molar-refractivity contribution >= 4 is 11.6 Å². The molecule has 0 N–H and O–H groups in total. The van der Waals surface area contributed by atoms with Gasteiger partial charge in [-0.05, 0) is 44.2 Å². The van der Waals surface area contributed by atoms with E-state index in [1.165, 1.54) is 0 Å². The van der Waals surface area contributed by atoms with E-state index >= 15 is 0 Å². The Hall–Kier alpha value is -3.48. The second-order valence-electron chi connectivity index (χ2n) is 7.46. The molecule has 7 heteroatoms. The zero-order valence-corrected chi connectivity index (χ0v) is 18.2. The molecule has 4 rings (SSSR count). The smallest absolute Gasteiger partial charge is 0.272 e. The van der Waals surface area contributed by atoms with Crippen LogP contribution >= 0.6 is 0 Å². The quantitative estimate of drug-likeness (QED) is 0.610. The molecule has 0 atom stereocenters. The van der Waals surface area contributed by atoms with E-state index in [1.807, 2.05) is 67.3 Å². The van der Waals surface area contributed by atoms with Crippen molar-refractivity contribution in [3.63, 3.8) is 0 Å². The van der Waals surface area contributed by atoms with Crippen LogP contribution in [0.25, 0.3) is 5.69 Å². The van der Waals surface area contributed by atoms with Gasteiger partial charge in [0.25, 0.3) is 5.91 Å². The van der Waals surface area contributed by atoms with Gasteiger partial charge in [0.2, 0.25) is 0 Å². The lowest BCUT2D eigenvalue weighted by molar-refractivity contribution is 0.0737. The summed E-state index contributed by atoms with van der Waals surface area (Å²) in [5, 5.41) is 4.55. The van der Waals surface area contributed by atoms with Gasteiger partial charge >= 0.3 is 0 Å². The average molecular weight is 421 g/mol. The normalized spacial score (nSPS) is 13.9. The molecule has 0 spiro atoms. The molecule has 0 aliphatic carbocycles. The van der Waals surface area contributed by atoms with Crippen molar-refractivity contribution in [3.8, 4) is 17.2 Å². The molecule has 1 aliphatic rings. The van der Waals surface area contributed by atoms with Gasteiger partial charge in [-0.2, -0.15) is 5.10 Å². The number of para-hydroxylation sites is 2. The molecule has 1 aliphatic heterocycles. The number of amides is 1. The van der Waals surface area contributed by atoms with Gasteiger partial charge in [0, 0.05) is 32.2 Å². The van der Waals surface area contributed by atoms with Gasteiger partial charge in [-0.3, -0.25) is 4.79 Å². The van der Waals surface area contributed by atoms with Gasteiger partial charge in [-0.1, -0.05) is 18.2 Å². The Morgan fingerprint density at radius 1 is 1.03 bits per heavy atom. The Morgan fingerprint density at radius 2 is 1.81 bits per heavy atom. The van der Waals surface area contributed by atoms with Crippen LogP contribution in [0.3, 0.4) is 0 Å². The SMILES string of the molecule is CCOc1ccccc1N1CCN(C(=O)c2cc(C)nn2-c2cccc(OC)c2)CC1. The molecular formula is C24H28N4O3. The highest BCUT2D eigenvalue weighted by atomic mass is 16.5. The maximum Gasteiger partial charge on any atom is 0.272 e. The number of benzene rings is 2. The Bertz CT molecular complexity index is 1050. The van der Waals surface area contributed by atoms with Crippen LogP contribution in [0.2, 0.25) is 0 Å². The van der Waals surface area contributed by atoms with Gasteiger partial charge < -0.3 is 19.3 Å². The highest BCUT2D eigenvalue weighted by Crippen LogP contribution is 2.29. The first kappa shape index (κ1) is 20.8. The van der Waals surface area contributed by atoms with Crippen molar-refractivity contribution in [3.05, 3.63) is 66.0 Å². The van der Waals surface area contributed by atoms with E-state index < -0.39 is 0 Å². The number of aryl methyl sites for hydroxylation is 1. The van der Waals surface area contributed by atoms with E-state index in [0.717, 1.165) is 41.7 Å². The monoisotopic (exact) mass is 420 g/mol. The predicted octanol–water partition coefficient (Wildman–Crippen LogP) is 3.55. The zero-order valence-electron chi connectivity index (χ0n) is 18.2. The summed E-state index contributed by atoms with van der Waals surface area (Å²) in [6.45, 7) is 7.30. The number of hydrogen-bond acceptors (Lipinski definition) is 5. The molecule has 1 fully saturated rings. The highest BCUT2D eigenvalue weighted by Gasteiger charge is 2.26. The number of carbonyl (C=O) groups excluding carboxylic acids is 1. The van der Waals surface area contributed by atoms with Crippen molar-refractivity contribution in [2.24, 2.45) is 0 Å². The van der Waals surface area contributed by atoms with Crippen molar-refractivity contribution in [1.29, 1.82) is 0 Å². The molecule has 0 unspecified atom stereocenters. The standard InChI is InChI=1S/C24H28N4O3/c1-4-31-23-11-6-5-10-21(23)26-12-14-27(15-13-26)24(29)22-16-18(2)25-28(22)19-8-7-9-20(17-19)30-3/h5-11,16-17H,4,12-15H2,1-3H3. The van der Waals surface area contributed by atoms with E-state index in [9.17, 15) is 4.79 Å². The molecule has 1 amide bonds. The molecule has 162 valence electrons. The van der Waals surface area contributed by atoms with Gasteiger partial charge in [-0.15, -0.1) is 0 Å². The largest absolute Gasteiger partial charge is 0.497 e. The van der Waals surface area contributed by atoms with E-state index in [0.29, 0.717) is 25.4 Å². The molecule has 2 aromatic carbocycles. The minimum Gasteiger partial charge on any atom is -0.497 e. The average Bonchev–Trinajstić information content (AvgIpc) is 3.21. The molecule has 3 aromatic rings. The number of aromatic nitrogens is 2. The number of anilines is 1. The molecule has 1 aromatic heterocycles. The maximum atomic E-state index is 13.4. The lowest BCUT2D eigenvalue weighted by Crippen LogP contribution is -2.49. The van der Waals surface area contributed by atoms with Crippen LogP contribution in [0.1, 0.15) is 23.1 Å². The van der Waals surface area contributed by atoms with Gasteiger partial charge in [0.15, 0.2) is 0 Å². The van der Waals surface area contributed by atoms with Crippen LogP contribution in [-0.4, -0.2) is 60.5 Å². The molecule has 0 bridgehead atoms. The van der Waals surface area contributed by atoms with Crippen LogP contribution in [0.15, 0.2) is 54.6 Å². The summed E-state index contributed by atoms with van der Waals surface area (Å²) in [5.41, 5.74) is 3.25.